The summed E-state index contributed by atoms with van der Waals surface area (Å²) < 4.78 is 0. The van der Waals surface area contributed by atoms with Gasteiger partial charge in [0.15, 0.2) is 0 Å². The van der Waals surface area contributed by atoms with Crippen LogP contribution in [0.1, 0.15) is 5.69 Å². The zero-order valence-corrected chi connectivity index (χ0v) is 9.58. The lowest BCUT2D eigenvalue weighted by Gasteiger charge is -2.11. The summed E-state index contributed by atoms with van der Waals surface area (Å²) in [5.74, 6) is 5.64. The molecule has 0 atom stereocenters. The molecule has 2 aromatic rings. The molecule has 0 aliphatic heterocycles. The molecule has 2 N–H and O–H groups in total. The summed E-state index contributed by atoms with van der Waals surface area (Å²) in [5.41, 5.74) is 5.14. The van der Waals surface area contributed by atoms with Crippen LogP contribution < -0.4 is 10.9 Å². The first-order valence-electron chi connectivity index (χ1n) is 4.67. The molecule has 0 amide bonds. The maximum Gasteiger partial charge on any atom is 0.0801 e. The van der Waals surface area contributed by atoms with Gasteiger partial charge in [0.25, 0.3) is 0 Å². The second-order valence-electron chi connectivity index (χ2n) is 3.42. The van der Waals surface area contributed by atoms with Gasteiger partial charge in [-0.3, -0.25) is 0 Å². The molecule has 1 aromatic heterocycles. The van der Waals surface area contributed by atoms with E-state index >= 15 is 0 Å². The lowest BCUT2D eigenvalue weighted by molar-refractivity contribution is 1.02. The van der Waals surface area contributed by atoms with Gasteiger partial charge in [0.05, 0.1) is 21.8 Å². The van der Waals surface area contributed by atoms with Crippen molar-refractivity contribution in [1.82, 2.24) is 4.98 Å². The van der Waals surface area contributed by atoms with Crippen LogP contribution in [0.25, 0.3) is 10.4 Å². The van der Waals surface area contributed by atoms with E-state index in [9.17, 15) is 0 Å². The third-order valence-electron chi connectivity index (χ3n) is 2.28. The molecule has 1 heterocycles. The number of hydrogen-bond acceptors (Lipinski definition) is 4. The third kappa shape index (κ3) is 2.00. The molecule has 0 radical (unpaired) electrons. The Morgan fingerprint density at radius 3 is 2.40 bits per heavy atom. The molecule has 15 heavy (non-hydrogen) atoms. The van der Waals surface area contributed by atoms with E-state index in [2.05, 4.69) is 17.1 Å². The van der Waals surface area contributed by atoms with E-state index in [1.54, 1.807) is 16.3 Å². The van der Waals surface area contributed by atoms with Gasteiger partial charge in [-0.25, -0.2) is 10.8 Å². The molecule has 78 valence electrons. The number of thiazole rings is 1. The highest BCUT2D eigenvalue weighted by molar-refractivity contribution is 7.13. The predicted octanol–water partition coefficient (Wildman–Crippen LogP) is 2.43. The molecule has 0 aliphatic rings. The standard InChI is InChI=1S/C11H13N3S/c1-8-11(15-7-13-8)9-3-5-10(6-4-9)14(2)12/h3-7H,12H2,1-2H3. The Balaban J connectivity index is 2.36. The van der Waals surface area contributed by atoms with Crippen molar-refractivity contribution in [2.45, 2.75) is 6.92 Å². The van der Waals surface area contributed by atoms with Crippen molar-refractivity contribution in [3.05, 3.63) is 35.5 Å². The largest absolute Gasteiger partial charge is 0.314 e. The first kappa shape index (κ1) is 10.1. The third-order valence-corrected chi connectivity index (χ3v) is 3.26. The molecule has 0 unspecified atom stereocenters. The zero-order chi connectivity index (χ0) is 10.8. The van der Waals surface area contributed by atoms with Gasteiger partial charge in [0, 0.05) is 7.05 Å². The van der Waals surface area contributed by atoms with Crippen LogP contribution in [0.2, 0.25) is 0 Å². The first-order chi connectivity index (χ1) is 7.18. The lowest BCUT2D eigenvalue weighted by Crippen LogP contribution is -2.24. The normalized spacial score (nSPS) is 10.3. The predicted molar refractivity (Wildman–Crippen MR) is 64.9 cm³/mol. The van der Waals surface area contributed by atoms with E-state index in [-0.39, 0.29) is 0 Å². The van der Waals surface area contributed by atoms with Gasteiger partial charge < -0.3 is 5.01 Å². The number of anilines is 1. The van der Waals surface area contributed by atoms with E-state index < -0.39 is 0 Å². The number of hydrogen-bond donors (Lipinski definition) is 1. The fourth-order valence-corrected chi connectivity index (χ4v) is 2.24. The maximum atomic E-state index is 5.64. The fraction of sp³-hybridized carbons (Fsp3) is 0.182. The zero-order valence-electron chi connectivity index (χ0n) is 8.77. The minimum absolute atomic E-state index is 1.00. The Morgan fingerprint density at radius 1 is 1.27 bits per heavy atom. The number of hydrazine groups is 1. The number of rotatable bonds is 2. The summed E-state index contributed by atoms with van der Waals surface area (Å²) in [6, 6.07) is 8.15. The molecule has 3 nitrogen and oxygen atoms in total. The van der Waals surface area contributed by atoms with E-state index in [1.807, 2.05) is 31.6 Å². The van der Waals surface area contributed by atoms with E-state index in [4.69, 9.17) is 5.84 Å². The highest BCUT2D eigenvalue weighted by Gasteiger charge is 2.04. The van der Waals surface area contributed by atoms with Gasteiger partial charge in [-0.2, -0.15) is 0 Å². The molecular weight excluding hydrogens is 206 g/mol. The first-order valence-corrected chi connectivity index (χ1v) is 5.55. The summed E-state index contributed by atoms with van der Waals surface area (Å²) in [4.78, 5) is 5.46. The number of aryl methyl sites for hydroxylation is 1. The minimum atomic E-state index is 1.00. The second kappa shape index (κ2) is 4.00. The number of benzene rings is 1. The van der Waals surface area contributed by atoms with Crippen LogP contribution in [0, 0.1) is 6.92 Å². The van der Waals surface area contributed by atoms with Crippen LogP contribution in [0.4, 0.5) is 5.69 Å². The van der Waals surface area contributed by atoms with Crippen LogP contribution >= 0.6 is 11.3 Å². The average Bonchev–Trinajstić information content (AvgIpc) is 2.65. The van der Waals surface area contributed by atoms with Gasteiger partial charge in [-0.1, -0.05) is 12.1 Å². The fourth-order valence-electron chi connectivity index (χ4n) is 1.43. The Hall–Kier alpha value is -1.39. The summed E-state index contributed by atoms with van der Waals surface area (Å²) in [7, 11) is 1.83. The Bertz CT molecular complexity index is 445. The summed E-state index contributed by atoms with van der Waals surface area (Å²) >= 11 is 1.66. The van der Waals surface area contributed by atoms with Gasteiger partial charge in [-0.15, -0.1) is 11.3 Å². The average molecular weight is 219 g/mol. The monoisotopic (exact) mass is 219 g/mol. The van der Waals surface area contributed by atoms with Crippen LogP contribution in [-0.4, -0.2) is 12.0 Å². The molecule has 4 heteroatoms. The molecule has 1 aromatic carbocycles. The molecule has 0 aliphatic carbocycles. The van der Waals surface area contributed by atoms with Gasteiger partial charge in [0.1, 0.15) is 0 Å². The van der Waals surface area contributed by atoms with Gasteiger partial charge >= 0.3 is 0 Å². The molecule has 0 bridgehead atoms. The highest BCUT2D eigenvalue weighted by atomic mass is 32.1. The smallest absolute Gasteiger partial charge is 0.0801 e. The van der Waals surface area contributed by atoms with Crippen LogP contribution in [0.15, 0.2) is 29.8 Å². The Morgan fingerprint density at radius 2 is 1.93 bits per heavy atom. The molecule has 0 fully saturated rings. The Kier molecular flexibility index (Phi) is 2.70. The highest BCUT2D eigenvalue weighted by Crippen LogP contribution is 2.28. The van der Waals surface area contributed by atoms with Crippen molar-refractivity contribution in [3.8, 4) is 10.4 Å². The minimum Gasteiger partial charge on any atom is -0.314 e. The van der Waals surface area contributed by atoms with E-state index in [0.29, 0.717) is 0 Å². The summed E-state index contributed by atoms with van der Waals surface area (Å²) in [6.45, 7) is 2.02. The number of aromatic nitrogens is 1. The van der Waals surface area contributed by atoms with Crippen molar-refractivity contribution >= 4 is 17.0 Å². The van der Waals surface area contributed by atoms with Gasteiger partial charge in [0.2, 0.25) is 0 Å². The maximum absolute atomic E-state index is 5.64. The van der Waals surface area contributed by atoms with Crippen molar-refractivity contribution in [3.63, 3.8) is 0 Å². The van der Waals surface area contributed by atoms with Crippen LogP contribution in [0.3, 0.4) is 0 Å². The van der Waals surface area contributed by atoms with Crippen LogP contribution in [0.5, 0.6) is 0 Å². The molecule has 0 saturated heterocycles. The topological polar surface area (TPSA) is 42.2 Å². The van der Waals surface area contributed by atoms with Gasteiger partial charge in [-0.05, 0) is 24.6 Å². The molecular formula is C11H13N3S. The van der Waals surface area contributed by atoms with Crippen LogP contribution in [-0.2, 0) is 0 Å². The number of nitrogens with zero attached hydrogens (tertiary/aromatic N) is 2. The van der Waals surface area contributed by atoms with Crippen molar-refractivity contribution in [2.24, 2.45) is 5.84 Å². The number of nitrogens with two attached hydrogens (primary N) is 1. The van der Waals surface area contributed by atoms with Crippen molar-refractivity contribution in [1.29, 1.82) is 0 Å². The molecule has 2 rings (SSSR count). The van der Waals surface area contributed by atoms with Crippen molar-refractivity contribution < 1.29 is 0 Å². The SMILES string of the molecule is Cc1ncsc1-c1ccc(N(C)N)cc1. The van der Waals surface area contributed by atoms with E-state index in [1.165, 1.54) is 10.4 Å². The quantitative estimate of drug-likeness (QED) is 0.623. The van der Waals surface area contributed by atoms with Crippen molar-refractivity contribution in [2.75, 3.05) is 12.1 Å². The summed E-state index contributed by atoms with van der Waals surface area (Å²) in [6.07, 6.45) is 0. The molecule has 0 spiro atoms. The molecule has 0 saturated carbocycles. The lowest BCUT2D eigenvalue weighted by atomic mass is 10.1. The second-order valence-corrected chi connectivity index (χ2v) is 4.28. The van der Waals surface area contributed by atoms with E-state index in [0.717, 1.165) is 11.4 Å². The Labute approximate surface area is 93.1 Å². The summed E-state index contributed by atoms with van der Waals surface area (Å²) in [5, 5.41) is 1.60.